The minimum Gasteiger partial charge on any atom is -0.342 e. The van der Waals surface area contributed by atoms with Gasteiger partial charge < -0.3 is 15.5 Å². The van der Waals surface area contributed by atoms with Crippen LogP contribution in [0.2, 0.25) is 0 Å². The molecule has 0 bridgehead atoms. The summed E-state index contributed by atoms with van der Waals surface area (Å²) in [6, 6.07) is 3.77. The summed E-state index contributed by atoms with van der Waals surface area (Å²) in [5, 5.41) is 6.29. The number of likely N-dealkylation sites (tertiary alicyclic amines) is 1. The third kappa shape index (κ3) is 4.78. The first-order valence-electron chi connectivity index (χ1n) is 9.80. The van der Waals surface area contributed by atoms with Crippen LogP contribution in [0.1, 0.15) is 37.7 Å². The number of piperidine rings is 2. The van der Waals surface area contributed by atoms with Gasteiger partial charge in [0.15, 0.2) is 0 Å². The molecule has 1 atom stereocenters. The zero-order chi connectivity index (χ0) is 18.1. The minimum absolute atomic E-state index is 0. The lowest BCUT2D eigenvalue weighted by molar-refractivity contribution is -0.136. The number of rotatable bonds is 3. The molecule has 2 N–H and O–H groups in total. The van der Waals surface area contributed by atoms with Gasteiger partial charge in [-0.25, -0.2) is 4.98 Å². The molecule has 3 aliphatic rings. The van der Waals surface area contributed by atoms with Gasteiger partial charge in [0.1, 0.15) is 5.82 Å². The molecule has 1 aromatic rings. The number of aromatic nitrogens is 1. The fourth-order valence-corrected chi connectivity index (χ4v) is 4.53. The van der Waals surface area contributed by atoms with Gasteiger partial charge in [-0.15, -0.1) is 24.8 Å². The summed E-state index contributed by atoms with van der Waals surface area (Å²) in [4.78, 5) is 31.5. The Morgan fingerprint density at radius 2 is 1.86 bits per heavy atom. The molecule has 156 valence electrons. The third-order valence-electron chi connectivity index (χ3n) is 6.43. The normalized spacial score (nSPS) is 23.3. The highest BCUT2D eigenvalue weighted by Gasteiger charge is 2.58. The van der Waals surface area contributed by atoms with Gasteiger partial charge in [-0.2, -0.15) is 0 Å². The number of nitrogens with zero attached hydrogens (tertiary/aromatic N) is 2. The van der Waals surface area contributed by atoms with Crippen LogP contribution in [-0.4, -0.2) is 47.9 Å². The van der Waals surface area contributed by atoms with E-state index in [1.807, 2.05) is 24.0 Å². The smallest absolute Gasteiger partial charge is 0.228 e. The fraction of sp³-hybridized carbons (Fsp3) is 0.650. The van der Waals surface area contributed by atoms with E-state index in [0.717, 1.165) is 50.8 Å². The number of hydrogen-bond donors (Lipinski definition) is 2. The molecule has 1 unspecified atom stereocenters. The van der Waals surface area contributed by atoms with Crippen LogP contribution >= 0.6 is 24.8 Å². The van der Waals surface area contributed by atoms with Crippen molar-refractivity contribution < 1.29 is 9.59 Å². The van der Waals surface area contributed by atoms with E-state index in [0.29, 0.717) is 24.8 Å². The number of carbonyl (C=O) groups is 2. The van der Waals surface area contributed by atoms with Gasteiger partial charge in [0.05, 0.1) is 0 Å². The number of aryl methyl sites for hydroxylation is 1. The largest absolute Gasteiger partial charge is 0.342 e. The zero-order valence-corrected chi connectivity index (χ0v) is 17.9. The van der Waals surface area contributed by atoms with Crippen LogP contribution in [0.25, 0.3) is 0 Å². The molecule has 2 saturated heterocycles. The van der Waals surface area contributed by atoms with Crippen LogP contribution in [0.5, 0.6) is 0 Å². The molecule has 28 heavy (non-hydrogen) atoms. The van der Waals surface area contributed by atoms with Gasteiger partial charge >= 0.3 is 0 Å². The van der Waals surface area contributed by atoms with E-state index >= 15 is 0 Å². The number of nitrogens with one attached hydrogen (secondary N) is 2. The van der Waals surface area contributed by atoms with Crippen LogP contribution in [0.3, 0.4) is 0 Å². The molecule has 1 aromatic heterocycles. The summed E-state index contributed by atoms with van der Waals surface area (Å²) >= 11 is 0. The molecule has 3 fully saturated rings. The average Bonchev–Trinajstić information content (AvgIpc) is 3.36. The van der Waals surface area contributed by atoms with E-state index in [-0.39, 0.29) is 48.0 Å². The Hall–Kier alpha value is -1.37. The van der Waals surface area contributed by atoms with Crippen LogP contribution in [-0.2, 0) is 9.59 Å². The molecule has 2 aliphatic heterocycles. The highest BCUT2D eigenvalue weighted by atomic mass is 35.5. The maximum atomic E-state index is 12.8. The zero-order valence-electron chi connectivity index (χ0n) is 16.3. The quantitative estimate of drug-likeness (QED) is 0.775. The second-order valence-electron chi connectivity index (χ2n) is 8.18. The van der Waals surface area contributed by atoms with Crippen molar-refractivity contribution in [2.75, 3.05) is 31.5 Å². The number of hydrogen-bond acceptors (Lipinski definition) is 4. The molecule has 3 heterocycles. The first-order valence-corrected chi connectivity index (χ1v) is 9.80. The van der Waals surface area contributed by atoms with Crippen molar-refractivity contribution in [1.82, 2.24) is 15.2 Å². The maximum Gasteiger partial charge on any atom is 0.228 e. The molecule has 2 amide bonds. The van der Waals surface area contributed by atoms with Gasteiger partial charge in [-0.1, -0.05) is 6.07 Å². The maximum absolute atomic E-state index is 12.8. The lowest BCUT2D eigenvalue weighted by atomic mass is 9.90. The Kier molecular flexibility index (Phi) is 7.71. The monoisotopic (exact) mass is 428 g/mol. The van der Waals surface area contributed by atoms with Gasteiger partial charge in [-0.05, 0) is 69.2 Å². The van der Waals surface area contributed by atoms with Crippen molar-refractivity contribution in [2.24, 2.45) is 17.3 Å². The molecule has 1 saturated carbocycles. The third-order valence-corrected chi connectivity index (χ3v) is 6.43. The highest BCUT2D eigenvalue weighted by Crippen LogP contribution is 2.59. The lowest BCUT2D eigenvalue weighted by Crippen LogP contribution is -2.43. The predicted octanol–water partition coefficient (Wildman–Crippen LogP) is 2.80. The summed E-state index contributed by atoms with van der Waals surface area (Å²) < 4.78 is 0. The van der Waals surface area contributed by atoms with E-state index in [1.54, 1.807) is 6.20 Å². The average molecular weight is 429 g/mol. The standard InChI is InChI=1S/C20H28N4O2.2ClH/c1-14-2-3-17(22-13-14)23-18(25)15-4-10-24(11-5-15)19(26)16-12-20(16)6-8-21-9-7-20;;/h2-3,13,15-16,21H,4-12H2,1H3,(H,22,23,25);2*1H. The van der Waals surface area contributed by atoms with Gasteiger partial charge in [0.2, 0.25) is 11.8 Å². The first kappa shape index (κ1) is 22.9. The topological polar surface area (TPSA) is 74.3 Å². The summed E-state index contributed by atoms with van der Waals surface area (Å²) in [7, 11) is 0. The Bertz CT molecular complexity index is 684. The van der Waals surface area contributed by atoms with Crippen LogP contribution in [0, 0.1) is 24.2 Å². The van der Waals surface area contributed by atoms with E-state index < -0.39 is 0 Å². The second kappa shape index (κ2) is 9.42. The van der Waals surface area contributed by atoms with Crippen molar-refractivity contribution in [3.8, 4) is 0 Å². The second-order valence-corrected chi connectivity index (χ2v) is 8.18. The van der Waals surface area contributed by atoms with Crippen LogP contribution < -0.4 is 10.6 Å². The molecule has 6 nitrogen and oxygen atoms in total. The number of amides is 2. The Labute approximate surface area is 179 Å². The number of anilines is 1. The Balaban J connectivity index is 0.00000140. The molecule has 1 spiro atoms. The SMILES string of the molecule is Cc1ccc(NC(=O)C2CCN(C(=O)C3CC34CCNCC4)CC2)nc1.Cl.Cl. The summed E-state index contributed by atoms with van der Waals surface area (Å²) in [6.07, 6.45) is 6.56. The molecule has 4 rings (SSSR count). The van der Waals surface area contributed by atoms with Crippen molar-refractivity contribution in [2.45, 2.75) is 39.0 Å². The van der Waals surface area contributed by atoms with Crippen LogP contribution in [0.15, 0.2) is 18.3 Å². The number of carbonyl (C=O) groups excluding carboxylic acids is 2. The van der Waals surface area contributed by atoms with Crippen LogP contribution in [0.4, 0.5) is 5.82 Å². The first-order chi connectivity index (χ1) is 12.6. The highest BCUT2D eigenvalue weighted by molar-refractivity contribution is 5.92. The van der Waals surface area contributed by atoms with Gasteiger partial charge in [-0.3, -0.25) is 9.59 Å². The van der Waals surface area contributed by atoms with Crippen molar-refractivity contribution >= 4 is 42.4 Å². The molecule has 0 radical (unpaired) electrons. The van der Waals surface area contributed by atoms with Crippen molar-refractivity contribution in [1.29, 1.82) is 0 Å². The summed E-state index contributed by atoms with van der Waals surface area (Å²) in [6.45, 7) is 5.45. The van der Waals surface area contributed by atoms with E-state index in [9.17, 15) is 9.59 Å². The summed E-state index contributed by atoms with van der Waals surface area (Å²) in [5.74, 6) is 1.14. The molecule has 8 heteroatoms. The fourth-order valence-electron chi connectivity index (χ4n) is 4.53. The molecular weight excluding hydrogens is 399 g/mol. The summed E-state index contributed by atoms with van der Waals surface area (Å²) in [5.41, 5.74) is 1.36. The molecular formula is C20H30Cl2N4O2. The Morgan fingerprint density at radius 1 is 1.18 bits per heavy atom. The van der Waals surface area contributed by atoms with Crippen molar-refractivity contribution in [3.63, 3.8) is 0 Å². The molecule has 0 aromatic carbocycles. The van der Waals surface area contributed by atoms with Gasteiger partial charge in [0, 0.05) is 31.1 Å². The van der Waals surface area contributed by atoms with E-state index in [4.69, 9.17) is 0 Å². The lowest BCUT2D eigenvalue weighted by Gasteiger charge is -2.32. The predicted molar refractivity (Wildman–Crippen MR) is 114 cm³/mol. The minimum atomic E-state index is -0.0332. The molecule has 1 aliphatic carbocycles. The van der Waals surface area contributed by atoms with Crippen molar-refractivity contribution in [3.05, 3.63) is 23.9 Å². The van der Waals surface area contributed by atoms with E-state index in [1.165, 1.54) is 0 Å². The number of halogens is 2. The van der Waals surface area contributed by atoms with Gasteiger partial charge in [0.25, 0.3) is 0 Å². The van der Waals surface area contributed by atoms with E-state index in [2.05, 4.69) is 15.6 Å². The number of pyridine rings is 1. The Morgan fingerprint density at radius 3 is 2.46 bits per heavy atom.